The van der Waals surface area contributed by atoms with E-state index in [-0.39, 0.29) is 11.6 Å². The minimum Gasteiger partial charge on any atom is -0.508 e. The Labute approximate surface area is 212 Å². The number of aromatic nitrogens is 2. The third-order valence-corrected chi connectivity index (χ3v) is 6.08. The smallest absolute Gasteiger partial charge is 0.209 e. The van der Waals surface area contributed by atoms with Crippen molar-refractivity contribution < 1.29 is 14.9 Å². The number of allylic oxidation sites excluding steroid dienone is 1. The van der Waals surface area contributed by atoms with Crippen molar-refractivity contribution in [2.45, 2.75) is 32.9 Å². The molecule has 3 N–H and O–H groups in total. The molecule has 0 aliphatic rings. The van der Waals surface area contributed by atoms with Gasteiger partial charge < -0.3 is 20.3 Å². The standard InChI is InChI=1S/C30H33N3O3/c1-3-28(22-8-5-4-6-9-22)30(24-12-16-27(34)17-13-24)23-10-14-25(15-11-23)31-18-7-19-33-29(35)20-26(32-33)21-36-2/h4-6,8-17,20,31,34-35H,3,7,18-19,21H2,1-2H3. The highest BCUT2D eigenvalue weighted by Crippen LogP contribution is 2.35. The fourth-order valence-corrected chi connectivity index (χ4v) is 4.37. The van der Waals surface area contributed by atoms with Gasteiger partial charge in [-0.3, -0.25) is 0 Å². The van der Waals surface area contributed by atoms with Crippen LogP contribution in [0.25, 0.3) is 11.1 Å². The zero-order valence-corrected chi connectivity index (χ0v) is 20.8. The molecule has 0 spiro atoms. The molecule has 6 heteroatoms. The zero-order valence-electron chi connectivity index (χ0n) is 20.8. The van der Waals surface area contributed by atoms with E-state index in [1.807, 2.05) is 18.2 Å². The predicted octanol–water partition coefficient (Wildman–Crippen LogP) is 6.31. The SMILES string of the molecule is CCC(=C(c1ccc(O)cc1)c1ccc(NCCCn2nc(COC)cc2O)cc1)c1ccccc1. The number of nitrogens with zero attached hydrogens (tertiary/aromatic N) is 2. The van der Waals surface area contributed by atoms with E-state index in [4.69, 9.17) is 4.74 Å². The van der Waals surface area contributed by atoms with Gasteiger partial charge in [0, 0.05) is 32.0 Å². The third kappa shape index (κ3) is 6.15. The van der Waals surface area contributed by atoms with E-state index in [0.717, 1.165) is 47.5 Å². The van der Waals surface area contributed by atoms with Crippen LogP contribution in [-0.2, 0) is 17.9 Å². The highest BCUT2D eigenvalue weighted by molar-refractivity contribution is 5.98. The summed E-state index contributed by atoms with van der Waals surface area (Å²) in [5.74, 6) is 0.416. The molecule has 0 bridgehead atoms. The number of ether oxygens (including phenoxy) is 1. The van der Waals surface area contributed by atoms with Gasteiger partial charge in [0.25, 0.3) is 0 Å². The Morgan fingerprint density at radius 1 is 0.889 bits per heavy atom. The molecule has 36 heavy (non-hydrogen) atoms. The van der Waals surface area contributed by atoms with Gasteiger partial charge in [-0.05, 0) is 64.9 Å². The molecule has 0 fully saturated rings. The van der Waals surface area contributed by atoms with Crippen LogP contribution in [0.3, 0.4) is 0 Å². The fourth-order valence-electron chi connectivity index (χ4n) is 4.37. The number of hydrogen-bond donors (Lipinski definition) is 3. The van der Waals surface area contributed by atoms with Crippen molar-refractivity contribution in [3.8, 4) is 11.6 Å². The second-order valence-electron chi connectivity index (χ2n) is 8.63. The van der Waals surface area contributed by atoms with Gasteiger partial charge in [0.05, 0.1) is 12.3 Å². The lowest BCUT2D eigenvalue weighted by atomic mass is 9.88. The molecule has 0 aliphatic heterocycles. The summed E-state index contributed by atoms with van der Waals surface area (Å²) >= 11 is 0. The summed E-state index contributed by atoms with van der Waals surface area (Å²) in [7, 11) is 1.61. The van der Waals surface area contributed by atoms with Gasteiger partial charge >= 0.3 is 0 Å². The Balaban J connectivity index is 1.50. The molecule has 0 aliphatic carbocycles. The first-order valence-corrected chi connectivity index (χ1v) is 12.3. The van der Waals surface area contributed by atoms with Gasteiger partial charge in [-0.15, -0.1) is 0 Å². The third-order valence-electron chi connectivity index (χ3n) is 6.08. The first-order valence-electron chi connectivity index (χ1n) is 12.3. The predicted molar refractivity (Wildman–Crippen MR) is 145 cm³/mol. The number of phenolic OH excluding ortho intramolecular Hbond substituents is 1. The Bertz CT molecular complexity index is 1280. The van der Waals surface area contributed by atoms with Crippen LogP contribution in [0.5, 0.6) is 11.6 Å². The normalized spacial score (nSPS) is 11.8. The molecule has 186 valence electrons. The van der Waals surface area contributed by atoms with Gasteiger partial charge in [0.15, 0.2) is 0 Å². The molecular weight excluding hydrogens is 450 g/mol. The summed E-state index contributed by atoms with van der Waals surface area (Å²) in [4.78, 5) is 0. The van der Waals surface area contributed by atoms with Gasteiger partial charge in [-0.2, -0.15) is 5.10 Å². The van der Waals surface area contributed by atoms with Crippen molar-refractivity contribution in [3.05, 3.63) is 107 Å². The summed E-state index contributed by atoms with van der Waals surface area (Å²) in [6.07, 6.45) is 1.70. The average Bonchev–Trinajstić information content (AvgIpc) is 3.25. The molecule has 4 aromatic rings. The van der Waals surface area contributed by atoms with E-state index in [1.165, 1.54) is 11.1 Å². The molecule has 0 atom stereocenters. The number of rotatable bonds is 11. The second kappa shape index (κ2) is 12.1. The van der Waals surface area contributed by atoms with Crippen LogP contribution < -0.4 is 5.32 Å². The number of anilines is 1. The molecule has 0 radical (unpaired) electrons. The molecule has 1 heterocycles. The fraction of sp³-hybridized carbons (Fsp3) is 0.233. The lowest BCUT2D eigenvalue weighted by Crippen LogP contribution is -2.08. The van der Waals surface area contributed by atoms with Gasteiger partial charge in [-0.25, -0.2) is 4.68 Å². The van der Waals surface area contributed by atoms with Crippen molar-refractivity contribution in [1.29, 1.82) is 0 Å². The lowest BCUT2D eigenvalue weighted by Gasteiger charge is -2.17. The maximum absolute atomic E-state index is 10.0. The van der Waals surface area contributed by atoms with Gasteiger partial charge in [-0.1, -0.05) is 61.5 Å². The van der Waals surface area contributed by atoms with E-state index < -0.39 is 0 Å². The van der Waals surface area contributed by atoms with Crippen LogP contribution in [0.1, 0.15) is 42.1 Å². The summed E-state index contributed by atoms with van der Waals surface area (Å²) < 4.78 is 6.67. The molecule has 0 saturated heterocycles. The highest BCUT2D eigenvalue weighted by Gasteiger charge is 2.13. The number of nitrogens with one attached hydrogen (secondary N) is 1. The topological polar surface area (TPSA) is 79.5 Å². The summed E-state index contributed by atoms with van der Waals surface area (Å²) in [6.45, 7) is 3.93. The van der Waals surface area contributed by atoms with E-state index in [9.17, 15) is 10.2 Å². The quantitative estimate of drug-likeness (QED) is 0.172. The summed E-state index contributed by atoms with van der Waals surface area (Å²) in [5.41, 5.74) is 7.57. The molecule has 0 unspecified atom stereocenters. The van der Waals surface area contributed by atoms with E-state index in [0.29, 0.717) is 13.2 Å². The number of methoxy groups -OCH3 is 1. The zero-order chi connectivity index (χ0) is 25.3. The van der Waals surface area contributed by atoms with Crippen molar-refractivity contribution >= 4 is 16.8 Å². The van der Waals surface area contributed by atoms with Crippen LogP contribution in [0.4, 0.5) is 5.69 Å². The van der Waals surface area contributed by atoms with E-state index in [1.54, 1.807) is 30.0 Å². The van der Waals surface area contributed by atoms with Crippen LogP contribution in [-0.4, -0.2) is 33.6 Å². The average molecular weight is 484 g/mol. The molecule has 4 rings (SSSR count). The van der Waals surface area contributed by atoms with E-state index in [2.05, 4.69) is 65.9 Å². The largest absolute Gasteiger partial charge is 0.508 e. The second-order valence-corrected chi connectivity index (χ2v) is 8.63. The first-order chi connectivity index (χ1) is 17.6. The van der Waals surface area contributed by atoms with Gasteiger partial charge in [0.2, 0.25) is 5.88 Å². The molecule has 0 amide bonds. The van der Waals surface area contributed by atoms with Crippen molar-refractivity contribution in [3.63, 3.8) is 0 Å². The van der Waals surface area contributed by atoms with Crippen LogP contribution in [0.15, 0.2) is 84.9 Å². The minimum absolute atomic E-state index is 0.157. The van der Waals surface area contributed by atoms with Crippen LogP contribution >= 0.6 is 0 Å². The van der Waals surface area contributed by atoms with Crippen molar-refractivity contribution in [2.75, 3.05) is 19.0 Å². The maximum atomic E-state index is 10.0. The minimum atomic E-state index is 0.157. The number of phenols is 1. The molecule has 3 aromatic carbocycles. The highest BCUT2D eigenvalue weighted by atomic mass is 16.5. The number of aromatic hydroxyl groups is 2. The Hall–Kier alpha value is -4.03. The molecular formula is C30H33N3O3. The number of aryl methyl sites for hydroxylation is 1. The van der Waals surface area contributed by atoms with Crippen molar-refractivity contribution in [1.82, 2.24) is 9.78 Å². The number of hydrogen-bond acceptors (Lipinski definition) is 5. The van der Waals surface area contributed by atoms with Crippen molar-refractivity contribution in [2.24, 2.45) is 0 Å². The molecule has 1 aromatic heterocycles. The number of benzene rings is 3. The summed E-state index contributed by atoms with van der Waals surface area (Å²) in [6, 6.07) is 28.0. The summed E-state index contributed by atoms with van der Waals surface area (Å²) in [5, 5.41) is 27.7. The molecule has 6 nitrogen and oxygen atoms in total. The monoisotopic (exact) mass is 483 g/mol. The maximum Gasteiger partial charge on any atom is 0.209 e. The lowest BCUT2D eigenvalue weighted by molar-refractivity contribution is 0.180. The van der Waals surface area contributed by atoms with Crippen LogP contribution in [0, 0.1) is 0 Å². The first kappa shape index (κ1) is 25.1. The Morgan fingerprint density at radius 3 is 2.19 bits per heavy atom. The Morgan fingerprint density at radius 2 is 1.56 bits per heavy atom. The van der Waals surface area contributed by atoms with Gasteiger partial charge in [0.1, 0.15) is 5.75 Å². The molecule has 0 saturated carbocycles. The Kier molecular flexibility index (Phi) is 8.42. The van der Waals surface area contributed by atoms with E-state index >= 15 is 0 Å². The van der Waals surface area contributed by atoms with Crippen LogP contribution in [0.2, 0.25) is 0 Å².